The quantitative estimate of drug-likeness (QED) is 0.858. The fraction of sp³-hybridized carbons (Fsp3) is 0.462. The molecule has 1 N–H and O–H groups in total. The molecular weight excluding hydrogens is 223 g/mol. The molecule has 0 saturated heterocycles. The van der Waals surface area contributed by atoms with E-state index >= 15 is 0 Å². The van der Waals surface area contributed by atoms with Gasteiger partial charge in [-0.25, -0.2) is 4.39 Å². The molecule has 0 radical (unpaired) electrons. The van der Waals surface area contributed by atoms with Crippen LogP contribution in [0, 0.1) is 18.2 Å². The van der Waals surface area contributed by atoms with Crippen molar-refractivity contribution in [3.05, 3.63) is 29.6 Å². The van der Waals surface area contributed by atoms with Crippen molar-refractivity contribution < 1.29 is 19.0 Å². The van der Waals surface area contributed by atoms with Gasteiger partial charge in [-0.1, -0.05) is 12.1 Å². The Balaban J connectivity index is 1.98. The van der Waals surface area contributed by atoms with Crippen LogP contribution >= 0.6 is 0 Å². The Morgan fingerprint density at radius 2 is 2.24 bits per heavy atom. The van der Waals surface area contributed by atoms with Gasteiger partial charge in [0, 0.05) is 5.41 Å². The summed E-state index contributed by atoms with van der Waals surface area (Å²) in [7, 11) is 0. The molecule has 0 heterocycles. The first-order chi connectivity index (χ1) is 8.02. The molecule has 1 aliphatic carbocycles. The molecule has 4 heteroatoms. The molecule has 1 saturated carbocycles. The Labute approximate surface area is 99.2 Å². The molecule has 17 heavy (non-hydrogen) atoms. The van der Waals surface area contributed by atoms with Crippen LogP contribution < -0.4 is 4.74 Å². The Hall–Kier alpha value is -1.58. The van der Waals surface area contributed by atoms with Gasteiger partial charge in [0.1, 0.15) is 0 Å². The number of carboxylic acid groups (broad SMARTS) is 1. The standard InChI is InChI=1S/C13H15FO3/c1-9-3-2-4-10(12(9)14)17-8-13(5-6-13)7-11(15)16/h2-4H,5-8H2,1H3,(H,15,16). The topological polar surface area (TPSA) is 46.5 Å². The van der Waals surface area contributed by atoms with Gasteiger partial charge in [0.25, 0.3) is 0 Å². The SMILES string of the molecule is Cc1cccc(OCC2(CC(=O)O)CC2)c1F. The third-order valence-corrected chi connectivity index (χ3v) is 3.17. The van der Waals surface area contributed by atoms with Crippen molar-refractivity contribution in [2.24, 2.45) is 5.41 Å². The van der Waals surface area contributed by atoms with E-state index in [1.165, 1.54) is 0 Å². The number of aryl methyl sites for hydroxylation is 1. The summed E-state index contributed by atoms with van der Waals surface area (Å²) in [5.74, 6) is -0.976. The van der Waals surface area contributed by atoms with E-state index in [1.807, 2.05) is 0 Å². The highest BCUT2D eigenvalue weighted by Gasteiger charge is 2.45. The lowest BCUT2D eigenvalue weighted by atomic mass is 10.0. The van der Waals surface area contributed by atoms with Crippen LogP contribution in [0.25, 0.3) is 0 Å². The number of rotatable bonds is 5. The number of carboxylic acids is 1. The average Bonchev–Trinajstić information content (AvgIpc) is 3.00. The smallest absolute Gasteiger partial charge is 0.304 e. The Bertz CT molecular complexity index is 438. The van der Waals surface area contributed by atoms with Crippen molar-refractivity contribution in [3.8, 4) is 5.75 Å². The number of carbonyl (C=O) groups is 1. The second kappa shape index (κ2) is 4.35. The molecule has 1 aliphatic rings. The molecule has 1 fully saturated rings. The summed E-state index contributed by atoms with van der Waals surface area (Å²) in [4.78, 5) is 10.7. The predicted molar refractivity (Wildman–Crippen MR) is 60.6 cm³/mol. The van der Waals surface area contributed by atoms with Crippen LogP contribution in [0.4, 0.5) is 4.39 Å². The number of hydrogen-bond donors (Lipinski definition) is 1. The minimum absolute atomic E-state index is 0.0977. The Morgan fingerprint density at radius 3 is 2.82 bits per heavy atom. The highest BCUT2D eigenvalue weighted by atomic mass is 19.1. The summed E-state index contributed by atoms with van der Waals surface area (Å²) < 4.78 is 19.0. The first kappa shape index (κ1) is 11.9. The Morgan fingerprint density at radius 1 is 1.53 bits per heavy atom. The minimum Gasteiger partial charge on any atom is -0.490 e. The maximum atomic E-state index is 13.6. The molecule has 1 aromatic carbocycles. The van der Waals surface area contributed by atoms with E-state index in [-0.39, 0.29) is 30.0 Å². The molecule has 2 rings (SSSR count). The van der Waals surface area contributed by atoms with Crippen LogP contribution in [0.3, 0.4) is 0 Å². The van der Waals surface area contributed by atoms with Crippen LogP contribution in [0.5, 0.6) is 5.75 Å². The zero-order valence-corrected chi connectivity index (χ0v) is 9.70. The molecule has 0 bridgehead atoms. The normalized spacial score (nSPS) is 16.6. The third-order valence-electron chi connectivity index (χ3n) is 3.17. The summed E-state index contributed by atoms with van der Waals surface area (Å²) in [5, 5.41) is 8.76. The molecule has 0 spiro atoms. The maximum Gasteiger partial charge on any atom is 0.304 e. The van der Waals surface area contributed by atoms with E-state index in [1.54, 1.807) is 25.1 Å². The van der Waals surface area contributed by atoms with Crippen molar-refractivity contribution in [2.45, 2.75) is 26.2 Å². The van der Waals surface area contributed by atoms with E-state index < -0.39 is 5.97 Å². The van der Waals surface area contributed by atoms with Gasteiger partial charge in [-0.2, -0.15) is 0 Å². The largest absolute Gasteiger partial charge is 0.490 e. The molecule has 0 atom stereocenters. The van der Waals surface area contributed by atoms with Gasteiger partial charge in [0.2, 0.25) is 0 Å². The monoisotopic (exact) mass is 238 g/mol. The molecule has 1 aromatic rings. The zero-order chi connectivity index (χ0) is 12.5. The molecule has 0 aliphatic heterocycles. The van der Waals surface area contributed by atoms with E-state index in [0.29, 0.717) is 5.56 Å². The minimum atomic E-state index is -0.823. The average molecular weight is 238 g/mol. The van der Waals surface area contributed by atoms with Crippen molar-refractivity contribution in [2.75, 3.05) is 6.61 Å². The van der Waals surface area contributed by atoms with Crippen LogP contribution in [0.15, 0.2) is 18.2 Å². The molecule has 0 amide bonds. The molecular formula is C13H15FO3. The number of benzene rings is 1. The van der Waals surface area contributed by atoms with Gasteiger partial charge in [0.05, 0.1) is 13.0 Å². The molecule has 0 unspecified atom stereocenters. The van der Waals surface area contributed by atoms with E-state index in [2.05, 4.69) is 0 Å². The van der Waals surface area contributed by atoms with Crippen LogP contribution in [0.2, 0.25) is 0 Å². The van der Waals surface area contributed by atoms with E-state index in [0.717, 1.165) is 12.8 Å². The van der Waals surface area contributed by atoms with Crippen molar-refractivity contribution in [1.29, 1.82) is 0 Å². The summed E-state index contributed by atoms with van der Waals surface area (Å²) in [5.41, 5.74) is 0.257. The Kier molecular flexibility index (Phi) is 3.05. The maximum absolute atomic E-state index is 13.6. The lowest BCUT2D eigenvalue weighted by Crippen LogP contribution is -2.17. The molecule has 0 aromatic heterocycles. The lowest BCUT2D eigenvalue weighted by molar-refractivity contribution is -0.138. The van der Waals surface area contributed by atoms with Gasteiger partial charge < -0.3 is 9.84 Å². The molecule has 92 valence electrons. The van der Waals surface area contributed by atoms with Crippen molar-refractivity contribution in [3.63, 3.8) is 0 Å². The lowest BCUT2D eigenvalue weighted by Gasteiger charge is -2.14. The van der Waals surface area contributed by atoms with Crippen LogP contribution in [-0.2, 0) is 4.79 Å². The second-order valence-electron chi connectivity index (χ2n) is 4.75. The second-order valence-corrected chi connectivity index (χ2v) is 4.75. The number of hydrogen-bond acceptors (Lipinski definition) is 2. The van der Waals surface area contributed by atoms with Crippen LogP contribution in [-0.4, -0.2) is 17.7 Å². The first-order valence-electron chi connectivity index (χ1n) is 5.62. The summed E-state index contributed by atoms with van der Waals surface area (Å²) in [6.45, 7) is 1.95. The summed E-state index contributed by atoms with van der Waals surface area (Å²) in [6.07, 6.45) is 1.78. The van der Waals surface area contributed by atoms with Gasteiger partial charge in [-0.05, 0) is 31.4 Å². The number of halogens is 1. The number of ether oxygens (including phenoxy) is 1. The van der Waals surface area contributed by atoms with Gasteiger partial charge in [-0.3, -0.25) is 4.79 Å². The molecule has 3 nitrogen and oxygen atoms in total. The van der Waals surface area contributed by atoms with E-state index in [9.17, 15) is 9.18 Å². The van der Waals surface area contributed by atoms with Crippen LogP contribution in [0.1, 0.15) is 24.8 Å². The first-order valence-corrected chi connectivity index (χ1v) is 5.62. The summed E-state index contributed by atoms with van der Waals surface area (Å²) in [6, 6.07) is 4.97. The third kappa shape index (κ3) is 2.75. The van der Waals surface area contributed by atoms with Gasteiger partial charge >= 0.3 is 5.97 Å². The highest BCUT2D eigenvalue weighted by Crippen LogP contribution is 2.49. The van der Waals surface area contributed by atoms with Gasteiger partial charge in [0.15, 0.2) is 11.6 Å². The fourth-order valence-electron chi connectivity index (χ4n) is 1.83. The number of aliphatic carboxylic acids is 1. The van der Waals surface area contributed by atoms with Gasteiger partial charge in [-0.15, -0.1) is 0 Å². The van der Waals surface area contributed by atoms with E-state index in [4.69, 9.17) is 9.84 Å². The zero-order valence-electron chi connectivity index (χ0n) is 9.70. The predicted octanol–water partition coefficient (Wildman–Crippen LogP) is 2.77. The fourth-order valence-corrected chi connectivity index (χ4v) is 1.83. The highest BCUT2D eigenvalue weighted by molar-refractivity contribution is 5.68. The van der Waals surface area contributed by atoms with Crippen molar-refractivity contribution >= 4 is 5.97 Å². The van der Waals surface area contributed by atoms with Crippen molar-refractivity contribution in [1.82, 2.24) is 0 Å². The summed E-state index contributed by atoms with van der Waals surface area (Å²) >= 11 is 0.